The standard InChI is InChI=1S/C29H31F3N6O2/c1-18(21-9-6-10-21)33-25-24-26(36-27(35-25)28(39)40)34-23(17-37(2)15-19-7-4-3-5-8-19)38(24)16-20-11-13-22(14-12-20)29(30,31)32/h3-5,7-8,11-14,18,21H,6,9-10,15-17H2,1-2H3,(H,39,40)(H,33,35,36). The fourth-order valence-electron chi connectivity index (χ4n) is 5.02. The van der Waals surface area contributed by atoms with Crippen LogP contribution in [-0.2, 0) is 25.8 Å². The molecule has 0 amide bonds. The zero-order valence-electron chi connectivity index (χ0n) is 22.3. The molecule has 1 saturated carbocycles. The summed E-state index contributed by atoms with van der Waals surface area (Å²) in [6, 6.07) is 15.0. The minimum absolute atomic E-state index is 0.0483. The highest BCUT2D eigenvalue weighted by Gasteiger charge is 2.30. The Balaban J connectivity index is 1.57. The highest BCUT2D eigenvalue weighted by Crippen LogP contribution is 2.33. The molecule has 0 radical (unpaired) electrons. The minimum atomic E-state index is -4.43. The summed E-state index contributed by atoms with van der Waals surface area (Å²) in [4.78, 5) is 27.2. The van der Waals surface area contributed by atoms with Crippen molar-refractivity contribution >= 4 is 23.0 Å². The van der Waals surface area contributed by atoms with E-state index in [-0.39, 0.29) is 24.1 Å². The highest BCUT2D eigenvalue weighted by molar-refractivity contribution is 5.90. The third-order valence-electron chi connectivity index (χ3n) is 7.42. The predicted molar refractivity (Wildman–Crippen MR) is 145 cm³/mol. The zero-order valence-corrected chi connectivity index (χ0v) is 22.3. The number of carboxylic acids is 1. The van der Waals surface area contributed by atoms with Crippen LogP contribution < -0.4 is 5.32 Å². The zero-order chi connectivity index (χ0) is 28.4. The first-order chi connectivity index (χ1) is 19.1. The van der Waals surface area contributed by atoms with Gasteiger partial charge in [0.1, 0.15) is 11.3 Å². The van der Waals surface area contributed by atoms with Crippen LogP contribution >= 0.6 is 0 Å². The smallest absolute Gasteiger partial charge is 0.416 e. The molecule has 2 aromatic carbocycles. The fourth-order valence-corrected chi connectivity index (χ4v) is 5.02. The van der Waals surface area contributed by atoms with E-state index in [1.54, 1.807) is 0 Å². The Labute approximate surface area is 229 Å². The predicted octanol–water partition coefficient (Wildman–Crippen LogP) is 5.82. The topological polar surface area (TPSA) is 96.2 Å². The Morgan fingerprint density at radius 1 is 1.05 bits per heavy atom. The van der Waals surface area contributed by atoms with Gasteiger partial charge in [-0.2, -0.15) is 13.2 Å². The van der Waals surface area contributed by atoms with E-state index >= 15 is 0 Å². The average Bonchev–Trinajstić information content (AvgIpc) is 3.20. The molecule has 11 heteroatoms. The second-order valence-electron chi connectivity index (χ2n) is 10.5. The highest BCUT2D eigenvalue weighted by atomic mass is 19.4. The summed E-state index contributed by atoms with van der Waals surface area (Å²) in [6.07, 6.45) is -1.12. The number of hydrogen-bond donors (Lipinski definition) is 2. The van der Waals surface area contributed by atoms with Gasteiger partial charge in [-0.15, -0.1) is 0 Å². The second-order valence-corrected chi connectivity index (χ2v) is 10.5. The SMILES string of the molecule is CC(Nc1nc(C(=O)O)nc2nc(CN(C)Cc3ccccc3)n(Cc3ccc(C(F)(F)F)cc3)c12)C1CCC1. The van der Waals surface area contributed by atoms with E-state index < -0.39 is 17.7 Å². The number of benzene rings is 2. The number of hydrogen-bond acceptors (Lipinski definition) is 6. The Bertz CT molecular complexity index is 1480. The van der Waals surface area contributed by atoms with E-state index in [2.05, 4.69) is 20.2 Å². The van der Waals surface area contributed by atoms with E-state index in [0.717, 1.165) is 37.0 Å². The number of aromatic carboxylic acids is 1. The molecule has 0 bridgehead atoms. The van der Waals surface area contributed by atoms with Crippen molar-refractivity contribution in [3.63, 3.8) is 0 Å². The molecule has 0 saturated heterocycles. The van der Waals surface area contributed by atoms with E-state index in [1.807, 2.05) is 48.9 Å². The number of alkyl halides is 3. The van der Waals surface area contributed by atoms with Crippen molar-refractivity contribution in [2.45, 2.75) is 58.0 Å². The van der Waals surface area contributed by atoms with E-state index in [1.165, 1.54) is 12.1 Å². The number of rotatable bonds is 10. The van der Waals surface area contributed by atoms with Crippen LogP contribution in [0.3, 0.4) is 0 Å². The molecule has 1 fully saturated rings. The van der Waals surface area contributed by atoms with Crippen LogP contribution in [0, 0.1) is 5.92 Å². The molecule has 1 unspecified atom stereocenters. The molecular weight excluding hydrogens is 521 g/mol. The summed E-state index contributed by atoms with van der Waals surface area (Å²) in [5.41, 5.74) is 1.78. The van der Waals surface area contributed by atoms with Crippen LogP contribution in [0.15, 0.2) is 54.6 Å². The number of nitrogens with one attached hydrogen (secondary N) is 1. The molecule has 1 atom stereocenters. The Morgan fingerprint density at radius 3 is 2.35 bits per heavy atom. The van der Waals surface area contributed by atoms with Crippen LogP contribution in [0.25, 0.3) is 11.2 Å². The van der Waals surface area contributed by atoms with Crippen LogP contribution in [0.4, 0.5) is 19.0 Å². The van der Waals surface area contributed by atoms with Crippen molar-refractivity contribution in [3.05, 3.63) is 82.9 Å². The number of halogens is 3. The number of imidazole rings is 1. The molecule has 8 nitrogen and oxygen atoms in total. The lowest BCUT2D eigenvalue weighted by atomic mass is 9.80. The number of anilines is 1. The van der Waals surface area contributed by atoms with Crippen molar-refractivity contribution in [3.8, 4) is 0 Å². The lowest BCUT2D eigenvalue weighted by Gasteiger charge is -2.32. The third-order valence-corrected chi connectivity index (χ3v) is 7.42. The van der Waals surface area contributed by atoms with E-state index in [9.17, 15) is 23.1 Å². The van der Waals surface area contributed by atoms with Gasteiger partial charge in [0.15, 0.2) is 11.5 Å². The number of nitrogens with zero attached hydrogens (tertiary/aromatic N) is 5. The maximum Gasteiger partial charge on any atom is 0.416 e. The van der Waals surface area contributed by atoms with Crippen LogP contribution in [0.2, 0.25) is 0 Å². The molecule has 1 aliphatic carbocycles. The minimum Gasteiger partial charge on any atom is -0.475 e. The van der Waals surface area contributed by atoms with Crippen LogP contribution in [0.1, 0.15) is 59.3 Å². The van der Waals surface area contributed by atoms with Gasteiger partial charge in [-0.05, 0) is 56.0 Å². The first-order valence-electron chi connectivity index (χ1n) is 13.2. The van der Waals surface area contributed by atoms with E-state index in [4.69, 9.17) is 4.98 Å². The van der Waals surface area contributed by atoms with Gasteiger partial charge in [-0.25, -0.2) is 19.7 Å². The maximum absolute atomic E-state index is 13.2. The lowest BCUT2D eigenvalue weighted by molar-refractivity contribution is -0.137. The first-order valence-corrected chi connectivity index (χ1v) is 13.2. The second kappa shape index (κ2) is 11.2. The number of fused-ring (bicyclic) bond motifs is 1. The van der Waals surface area contributed by atoms with Gasteiger partial charge < -0.3 is 15.0 Å². The molecule has 0 aliphatic heterocycles. The van der Waals surface area contributed by atoms with Crippen molar-refractivity contribution < 1.29 is 23.1 Å². The van der Waals surface area contributed by atoms with Gasteiger partial charge in [0.05, 0.1) is 12.1 Å². The quantitative estimate of drug-likeness (QED) is 0.256. The van der Waals surface area contributed by atoms with Crippen molar-refractivity contribution in [2.75, 3.05) is 12.4 Å². The molecule has 0 spiro atoms. The summed E-state index contributed by atoms with van der Waals surface area (Å²) in [6.45, 7) is 3.29. The largest absolute Gasteiger partial charge is 0.475 e. The van der Waals surface area contributed by atoms with Crippen LogP contribution in [-0.4, -0.2) is 48.6 Å². The van der Waals surface area contributed by atoms with Crippen molar-refractivity contribution in [1.29, 1.82) is 0 Å². The van der Waals surface area contributed by atoms with Crippen molar-refractivity contribution in [2.24, 2.45) is 5.92 Å². The molecule has 4 aromatic rings. The monoisotopic (exact) mass is 552 g/mol. The fraction of sp³-hybridized carbons (Fsp3) is 0.379. The molecule has 5 rings (SSSR count). The molecular formula is C29H31F3N6O2. The Morgan fingerprint density at radius 2 is 1.75 bits per heavy atom. The van der Waals surface area contributed by atoms with Gasteiger partial charge in [-0.3, -0.25) is 4.90 Å². The first kappa shape index (κ1) is 27.6. The average molecular weight is 553 g/mol. The Hall–Kier alpha value is -3.99. The summed E-state index contributed by atoms with van der Waals surface area (Å²) >= 11 is 0. The van der Waals surface area contributed by atoms with Gasteiger partial charge in [0.2, 0.25) is 5.82 Å². The van der Waals surface area contributed by atoms with Gasteiger partial charge >= 0.3 is 12.1 Å². The molecule has 1 aliphatic rings. The van der Waals surface area contributed by atoms with Gasteiger partial charge in [-0.1, -0.05) is 48.9 Å². The molecule has 40 heavy (non-hydrogen) atoms. The van der Waals surface area contributed by atoms with Crippen molar-refractivity contribution in [1.82, 2.24) is 24.4 Å². The van der Waals surface area contributed by atoms with Gasteiger partial charge in [0, 0.05) is 19.1 Å². The summed E-state index contributed by atoms with van der Waals surface area (Å²) < 4.78 is 41.4. The molecule has 2 heterocycles. The molecule has 210 valence electrons. The summed E-state index contributed by atoms with van der Waals surface area (Å²) in [7, 11) is 1.95. The summed E-state index contributed by atoms with van der Waals surface area (Å²) in [5, 5.41) is 13.1. The van der Waals surface area contributed by atoms with E-state index in [0.29, 0.717) is 41.7 Å². The van der Waals surface area contributed by atoms with Crippen LogP contribution in [0.5, 0.6) is 0 Å². The number of carboxylic acid groups (broad SMARTS) is 1. The maximum atomic E-state index is 13.2. The Kier molecular flexibility index (Phi) is 7.75. The molecule has 2 N–H and O–H groups in total. The molecule has 2 aromatic heterocycles. The van der Waals surface area contributed by atoms with Gasteiger partial charge in [0.25, 0.3) is 0 Å². The number of carbonyl (C=O) groups is 1. The summed E-state index contributed by atoms with van der Waals surface area (Å²) in [5.74, 6) is -0.218. The number of aromatic nitrogens is 4. The normalized spacial score (nSPS) is 14.8. The third kappa shape index (κ3) is 6.09. The lowest BCUT2D eigenvalue weighted by Crippen LogP contribution is -2.31.